The van der Waals surface area contributed by atoms with Crippen LogP contribution < -0.4 is 0 Å². The lowest BCUT2D eigenvalue weighted by atomic mass is 9.98. The van der Waals surface area contributed by atoms with Crippen LogP contribution in [0.4, 0.5) is 0 Å². The van der Waals surface area contributed by atoms with Crippen LogP contribution in [-0.4, -0.2) is 127 Å². The van der Waals surface area contributed by atoms with Crippen molar-refractivity contribution in [3.8, 4) is 23.0 Å². The number of rotatable bonds is 10. The number of phenolic OH excluding ortho intramolecular Hbond substituents is 4. The number of ether oxygens (including phenoxy) is 5. The summed E-state index contributed by atoms with van der Waals surface area (Å²) in [6.45, 7) is 0.890. The maximum absolute atomic E-state index is 12.6. The lowest BCUT2D eigenvalue weighted by Gasteiger charge is -2.43. The van der Waals surface area contributed by atoms with Crippen molar-refractivity contribution in [2.24, 2.45) is 0 Å². The fourth-order valence-electron chi connectivity index (χ4n) is 4.64. The van der Waals surface area contributed by atoms with Crippen LogP contribution >= 0.6 is 0 Å². The number of esters is 1. The Morgan fingerprint density at radius 2 is 1.45 bits per heavy atom. The second-order valence-corrected chi connectivity index (χ2v) is 10.5. The standard InChI is InChI=1S/C29H36O15/c1-13-22(35)24(37)26(39)28(42-13)41-12-20-23(36)25(38)27(44-21(34)7-4-14-2-5-16(30)18(32)10-14)29(43-20)40-9-8-15-3-6-17(31)19(33)11-15/h2-7,10-11,13,20,22-33,35-39H,8-9,12H2,1H3/b7-4+/t13-,20+,22-,23+,24+,25-,26+,27+,28+,29+/m1/s1. The molecule has 2 fully saturated rings. The summed E-state index contributed by atoms with van der Waals surface area (Å²) in [6.07, 6.45) is -12.1. The summed E-state index contributed by atoms with van der Waals surface area (Å²) in [5, 5.41) is 90.2. The number of phenols is 4. The number of aromatic hydroxyl groups is 4. The molecule has 2 heterocycles. The molecule has 44 heavy (non-hydrogen) atoms. The van der Waals surface area contributed by atoms with Crippen LogP contribution in [-0.2, 0) is 34.9 Å². The van der Waals surface area contributed by atoms with Crippen molar-refractivity contribution < 1.29 is 74.4 Å². The minimum absolute atomic E-state index is 0.0893. The van der Waals surface area contributed by atoms with E-state index in [0.29, 0.717) is 11.1 Å². The highest BCUT2D eigenvalue weighted by molar-refractivity contribution is 5.87. The largest absolute Gasteiger partial charge is 0.504 e. The SMILES string of the molecule is C[C@H]1O[C@H](OC[C@@H]2O[C@H](OCCc3ccc(O)c(O)c3)[C@@H](OC(=O)/C=C/c3ccc(O)c(O)c3)[C@H](O)[C@H]2O)[C@@H](O)[C@@H](O)[C@@H]1O. The molecule has 242 valence electrons. The Bertz CT molecular complexity index is 1300. The summed E-state index contributed by atoms with van der Waals surface area (Å²) in [7, 11) is 0. The Morgan fingerprint density at radius 3 is 2.14 bits per heavy atom. The summed E-state index contributed by atoms with van der Waals surface area (Å²) in [6, 6.07) is 8.00. The maximum Gasteiger partial charge on any atom is 0.331 e. The summed E-state index contributed by atoms with van der Waals surface area (Å²) < 4.78 is 27.8. The number of hydrogen-bond acceptors (Lipinski definition) is 15. The zero-order valence-electron chi connectivity index (χ0n) is 23.5. The smallest absolute Gasteiger partial charge is 0.331 e. The molecule has 10 atom stereocenters. The van der Waals surface area contributed by atoms with E-state index in [1.807, 2.05) is 0 Å². The molecule has 0 aliphatic carbocycles. The molecule has 15 nitrogen and oxygen atoms in total. The molecule has 2 aliphatic rings. The summed E-state index contributed by atoms with van der Waals surface area (Å²) in [5.74, 6) is -2.38. The molecule has 0 spiro atoms. The molecule has 0 unspecified atom stereocenters. The van der Waals surface area contributed by atoms with Gasteiger partial charge in [0.05, 0.1) is 19.3 Å². The van der Waals surface area contributed by atoms with Crippen LogP contribution in [0.2, 0.25) is 0 Å². The van der Waals surface area contributed by atoms with Gasteiger partial charge in [-0.2, -0.15) is 0 Å². The van der Waals surface area contributed by atoms with E-state index in [1.165, 1.54) is 43.3 Å². The van der Waals surface area contributed by atoms with Gasteiger partial charge in [-0.25, -0.2) is 4.79 Å². The number of hydrogen-bond donors (Lipinski definition) is 9. The second kappa shape index (κ2) is 14.5. The average Bonchev–Trinajstić information content (AvgIpc) is 2.99. The zero-order chi connectivity index (χ0) is 32.1. The van der Waals surface area contributed by atoms with E-state index in [9.17, 15) is 50.8 Å². The number of aliphatic hydroxyl groups is 5. The number of benzene rings is 2. The summed E-state index contributed by atoms with van der Waals surface area (Å²) in [5.41, 5.74) is 0.919. The molecule has 4 rings (SSSR count). The predicted molar refractivity (Wildman–Crippen MR) is 147 cm³/mol. The van der Waals surface area contributed by atoms with Crippen molar-refractivity contribution >= 4 is 12.0 Å². The van der Waals surface area contributed by atoms with E-state index in [4.69, 9.17) is 23.7 Å². The molecular formula is C29H36O15. The third kappa shape index (κ3) is 7.95. The van der Waals surface area contributed by atoms with Crippen LogP contribution in [0.15, 0.2) is 42.5 Å². The van der Waals surface area contributed by atoms with Gasteiger partial charge in [0, 0.05) is 6.08 Å². The Balaban J connectivity index is 1.45. The van der Waals surface area contributed by atoms with Gasteiger partial charge in [-0.1, -0.05) is 12.1 Å². The lowest BCUT2D eigenvalue weighted by molar-refractivity contribution is -0.328. The van der Waals surface area contributed by atoms with E-state index in [1.54, 1.807) is 6.07 Å². The van der Waals surface area contributed by atoms with E-state index in [-0.39, 0.29) is 30.3 Å². The first-order valence-electron chi connectivity index (χ1n) is 13.7. The topological polar surface area (TPSA) is 245 Å². The fraction of sp³-hybridized carbons (Fsp3) is 0.483. The third-order valence-corrected chi connectivity index (χ3v) is 7.25. The molecule has 0 amide bonds. The number of aliphatic hydroxyl groups excluding tert-OH is 5. The minimum Gasteiger partial charge on any atom is -0.504 e. The van der Waals surface area contributed by atoms with Gasteiger partial charge in [0.25, 0.3) is 0 Å². The summed E-state index contributed by atoms with van der Waals surface area (Å²) in [4.78, 5) is 12.6. The molecule has 15 heteroatoms. The molecular weight excluding hydrogens is 588 g/mol. The highest BCUT2D eigenvalue weighted by atomic mass is 16.7. The Hall–Kier alpha value is -3.51. The third-order valence-electron chi connectivity index (χ3n) is 7.25. The van der Waals surface area contributed by atoms with Gasteiger partial charge >= 0.3 is 5.97 Å². The average molecular weight is 625 g/mol. The minimum atomic E-state index is -1.75. The van der Waals surface area contributed by atoms with Gasteiger partial charge in [-0.15, -0.1) is 0 Å². The molecule has 2 saturated heterocycles. The first-order chi connectivity index (χ1) is 20.8. The van der Waals surface area contributed by atoms with E-state index < -0.39 is 79.7 Å². The van der Waals surface area contributed by atoms with E-state index in [2.05, 4.69) is 0 Å². The van der Waals surface area contributed by atoms with Gasteiger partial charge in [0.1, 0.15) is 36.6 Å². The van der Waals surface area contributed by atoms with Gasteiger partial charge in [0.15, 0.2) is 41.7 Å². The van der Waals surface area contributed by atoms with E-state index >= 15 is 0 Å². The van der Waals surface area contributed by atoms with Gasteiger partial charge in [-0.05, 0) is 54.8 Å². The van der Waals surface area contributed by atoms with Crippen molar-refractivity contribution in [2.75, 3.05) is 13.2 Å². The van der Waals surface area contributed by atoms with Crippen LogP contribution in [0.5, 0.6) is 23.0 Å². The Kier molecular flexibility index (Phi) is 11.0. The first-order valence-corrected chi connectivity index (χ1v) is 13.7. The highest BCUT2D eigenvalue weighted by Gasteiger charge is 2.49. The van der Waals surface area contributed by atoms with Crippen LogP contribution in [0, 0.1) is 0 Å². The highest BCUT2D eigenvalue weighted by Crippen LogP contribution is 2.29. The zero-order valence-corrected chi connectivity index (χ0v) is 23.5. The van der Waals surface area contributed by atoms with Crippen LogP contribution in [0.3, 0.4) is 0 Å². The summed E-state index contributed by atoms with van der Waals surface area (Å²) >= 11 is 0. The van der Waals surface area contributed by atoms with Gasteiger partial charge < -0.3 is 69.6 Å². The first kappa shape index (κ1) is 33.4. The predicted octanol–water partition coefficient (Wildman–Crippen LogP) is -1.02. The number of carbonyl (C=O) groups excluding carboxylic acids is 1. The molecule has 0 saturated carbocycles. The molecule has 0 aromatic heterocycles. The Labute approximate surface area is 251 Å². The molecule has 0 radical (unpaired) electrons. The second-order valence-electron chi connectivity index (χ2n) is 10.5. The van der Waals surface area contributed by atoms with Gasteiger partial charge in [0.2, 0.25) is 0 Å². The molecule has 2 aliphatic heterocycles. The maximum atomic E-state index is 12.6. The van der Waals surface area contributed by atoms with Crippen LogP contribution in [0.1, 0.15) is 18.1 Å². The monoisotopic (exact) mass is 624 g/mol. The van der Waals surface area contributed by atoms with Gasteiger partial charge in [-0.3, -0.25) is 0 Å². The van der Waals surface area contributed by atoms with Crippen molar-refractivity contribution in [1.29, 1.82) is 0 Å². The lowest BCUT2D eigenvalue weighted by Crippen LogP contribution is -2.62. The molecule has 0 bridgehead atoms. The van der Waals surface area contributed by atoms with Crippen molar-refractivity contribution in [2.45, 2.75) is 74.8 Å². The van der Waals surface area contributed by atoms with Crippen LogP contribution in [0.25, 0.3) is 6.08 Å². The van der Waals surface area contributed by atoms with E-state index in [0.717, 1.165) is 6.08 Å². The van der Waals surface area contributed by atoms with Crippen molar-refractivity contribution in [3.63, 3.8) is 0 Å². The normalized spacial score (nSPS) is 32.5. The van der Waals surface area contributed by atoms with Crippen molar-refractivity contribution in [1.82, 2.24) is 0 Å². The molecule has 2 aromatic carbocycles. The molecule has 9 N–H and O–H groups in total. The quantitative estimate of drug-likeness (QED) is 0.0873. The molecule has 2 aromatic rings. The number of carbonyl (C=O) groups is 1. The Morgan fingerprint density at radius 1 is 0.773 bits per heavy atom. The van der Waals surface area contributed by atoms with Crippen molar-refractivity contribution in [3.05, 3.63) is 53.6 Å². The fourth-order valence-corrected chi connectivity index (χ4v) is 4.64.